The first-order chi connectivity index (χ1) is 7.91. The Hall–Kier alpha value is -0.990. The first-order valence-electron chi connectivity index (χ1n) is 6.03. The van der Waals surface area contributed by atoms with Crippen molar-refractivity contribution in [3.8, 4) is 0 Å². The fraction of sp³-hybridized carbons (Fsp3) is 0.571. The van der Waals surface area contributed by atoms with Crippen molar-refractivity contribution in [3.63, 3.8) is 0 Å². The number of halogens is 3. The summed E-state index contributed by atoms with van der Waals surface area (Å²) >= 11 is 0. The van der Waals surface area contributed by atoms with E-state index >= 15 is 0 Å². The quantitative estimate of drug-likeness (QED) is 0.596. The SMILES string of the molecule is CC1=CC=CC(C(F)(F)F)=CC1.CCCCC. The number of unbranched alkanes of at least 4 members (excludes halogenated alkanes) is 2. The van der Waals surface area contributed by atoms with Gasteiger partial charge in [0, 0.05) is 0 Å². The molecule has 3 heteroatoms. The van der Waals surface area contributed by atoms with Crippen molar-refractivity contribution >= 4 is 0 Å². The predicted octanol–water partition coefficient (Wildman–Crippen LogP) is 5.58. The van der Waals surface area contributed by atoms with Gasteiger partial charge in [0.15, 0.2) is 0 Å². The summed E-state index contributed by atoms with van der Waals surface area (Å²) in [6.45, 7) is 6.23. The van der Waals surface area contributed by atoms with Gasteiger partial charge in [-0.1, -0.05) is 63.0 Å². The molecule has 0 aliphatic heterocycles. The maximum atomic E-state index is 12.1. The molecule has 17 heavy (non-hydrogen) atoms. The van der Waals surface area contributed by atoms with E-state index in [-0.39, 0.29) is 0 Å². The predicted molar refractivity (Wildman–Crippen MR) is 66.9 cm³/mol. The molecule has 98 valence electrons. The zero-order valence-corrected chi connectivity index (χ0v) is 10.8. The van der Waals surface area contributed by atoms with E-state index in [1.54, 1.807) is 13.0 Å². The van der Waals surface area contributed by atoms with E-state index in [0.717, 1.165) is 11.6 Å². The summed E-state index contributed by atoms with van der Waals surface area (Å²) in [5.74, 6) is 0. The van der Waals surface area contributed by atoms with Crippen LogP contribution in [0, 0.1) is 0 Å². The molecule has 0 saturated carbocycles. The maximum Gasteiger partial charge on any atom is 0.416 e. The van der Waals surface area contributed by atoms with Crippen LogP contribution >= 0.6 is 0 Å². The normalized spacial score (nSPS) is 15.4. The van der Waals surface area contributed by atoms with Crippen molar-refractivity contribution in [2.45, 2.75) is 52.6 Å². The lowest BCUT2D eigenvalue weighted by molar-refractivity contribution is -0.0883. The Morgan fingerprint density at radius 3 is 2.18 bits per heavy atom. The third-order valence-corrected chi connectivity index (χ3v) is 2.33. The van der Waals surface area contributed by atoms with Crippen molar-refractivity contribution < 1.29 is 13.2 Å². The Kier molecular flexibility index (Phi) is 7.68. The van der Waals surface area contributed by atoms with Crippen LogP contribution in [0.4, 0.5) is 13.2 Å². The summed E-state index contributed by atoms with van der Waals surface area (Å²) in [6.07, 6.45) is 5.66. The Labute approximate surface area is 102 Å². The smallest absolute Gasteiger partial charge is 0.166 e. The molecule has 0 saturated heterocycles. The number of rotatable bonds is 2. The molecule has 0 fully saturated rings. The molecule has 0 radical (unpaired) electrons. The number of hydrogen-bond donors (Lipinski definition) is 0. The molecule has 1 aliphatic rings. The van der Waals surface area contributed by atoms with E-state index < -0.39 is 11.7 Å². The molecule has 1 rings (SSSR count). The molecule has 0 aromatic heterocycles. The van der Waals surface area contributed by atoms with Gasteiger partial charge < -0.3 is 0 Å². The van der Waals surface area contributed by atoms with Crippen LogP contribution in [0.15, 0.2) is 35.5 Å². The number of hydrogen-bond acceptors (Lipinski definition) is 0. The van der Waals surface area contributed by atoms with E-state index in [1.165, 1.54) is 31.4 Å². The Morgan fingerprint density at radius 1 is 1.18 bits per heavy atom. The van der Waals surface area contributed by atoms with Crippen LogP contribution in [0.1, 0.15) is 46.5 Å². The molecule has 0 aromatic carbocycles. The van der Waals surface area contributed by atoms with E-state index in [4.69, 9.17) is 0 Å². The Balaban J connectivity index is 0.000000437. The highest BCUT2D eigenvalue weighted by molar-refractivity contribution is 5.32. The lowest BCUT2D eigenvalue weighted by Crippen LogP contribution is -2.09. The summed E-state index contributed by atoms with van der Waals surface area (Å²) in [5, 5.41) is 0. The van der Waals surface area contributed by atoms with Gasteiger partial charge in [0.05, 0.1) is 5.57 Å². The van der Waals surface area contributed by atoms with Crippen molar-refractivity contribution in [2.75, 3.05) is 0 Å². The zero-order valence-electron chi connectivity index (χ0n) is 10.8. The molecule has 0 heterocycles. The average Bonchev–Trinajstić information content (AvgIpc) is 2.44. The van der Waals surface area contributed by atoms with Crippen LogP contribution < -0.4 is 0 Å². The molecular weight excluding hydrogens is 225 g/mol. The molecule has 0 amide bonds. The highest BCUT2D eigenvalue weighted by atomic mass is 19.4. The molecule has 0 unspecified atom stereocenters. The molecule has 1 aliphatic carbocycles. The maximum absolute atomic E-state index is 12.1. The van der Waals surface area contributed by atoms with Crippen LogP contribution in [0.2, 0.25) is 0 Å². The van der Waals surface area contributed by atoms with Crippen LogP contribution in [-0.2, 0) is 0 Å². The fourth-order valence-corrected chi connectivity index (χ4v) is 1.29. The zero-order chi connectivity index (χ0) is 13.3. The van der Waals surface area contributed by atoms with Gasteiger partial charge >= 0.3 is 6.18 Å². The van der Waals surface area contributed by atoms with Crippen LogP contribution in [0.3, 0.4) is 0 Å². The minimum Gasteiger partial charge on any atom is -0.166 e. The van der Waals surface area contributed by atoms with Gasteiger partial charge in [0.25, 0.3) is 0 Å². The second-order valence-corrected chi connectivity index (χ2v) is 4.09. The highest BCUT2D eigenvalue weighted by Gasteiger charge is 2.31. The molecule has 0 spiro atoms. The average molecular weight is 246 g/mol. The fourth-order valence-electron chi connectivity index (χ4n) is 1.29. The molecule has 0 atom stereocenters. The van der Waals surface area contributed by atoms with Gasteiger partial charge in [-0.3, -0.25) is 0 Å². The second kappa shape index (κ2) is 8.15. The Morgan fingerprint density at radius 2 is 1.76 bits per heavy atom. The molecule has 0 N–H and O–H groups in total. The largest absolute Gasteiger partial charge is 0.416 e. The topological polar surface area (TPSA) is 0 Å². The van der Waals surface area contributed by atoms with Crippen molar-refractivity contribution in [2.24, 2.45) is 0 Å². The van der Waals surface area contributed by atoms with E-state index in [1.807, 2.05) is 0 Å². The first-order valence-corrected chi connectivity index (χ1v) is 6.03. The molecular formula is C14H21F3. The van der Waals surface area contributed by atoms with Gasteiger partial charge in [-0.2, -0.15) is 13.2 Å². The summed E-state index contributed by atoms with van der Waals surface area (Å²) < 4.78 is 36.3. The summed E-state index contributed by atoms with van der Waals surface area (Å²) in [6, 6.07) is 0. The van der Waals surface area contributed by atoms with Gasteiger partial charge in [0.1, 0.15) is 0 Å². The van der Waals surface area contributed by atoms with Crippen LogP contribution in [-0.4, -0.2) is 6.18 Å². The summed E-state index contributed by atoms with van der Waals surface area (Å²) in [7, 11) is 0. The molecule has 0 nitrogen and oxygen atoms in total. The van der Waals surface area contributed by atoms with E-state index in [9.17, 15) is 13.2 Å². The lowest BCUT2D eigenvalue weighted by atomic mass is 10.2. The summed E-state index contributed by atoms with van der Waals surface area (Å²) in [5.41, 5.74) is 0.376. The van der Waals surface area contributed by atoms with Gasteiger partial charge in [0.2, 0.25) is 0 Å². The number of allylic oxidation sites excluding steroid dienone is 6. The van der Waals surface area contributed by atoms with Crippen molar-refractivity contribution in [1.82, 2.24) is 0 Å². The van der Waals surface area contributed by atoms with E-state index in [0.29, 0.717) is 6.42 Å². The van der Waals surface area contributed by atoms with E-state index in [2.05, 4.69) is 13.8 Å². The molecule has 0 bridgehead atoms. The first kappa shape index (κ1) is 16.0. The van der Waals surface area contributed by atoms with Gasteiger partial charge in [-0.05, 0) is 13.3 Å². The second-order valence-electron chi connectivity index (χ2n) is 4.09. The minimum atomic E-state index is -4.21. The standard InChI is InChI=1S/C9H9F3.C5H12/c1-7-3-2-4-8(6-5-7)9(10,11)12;1-3-5-4-2/h2-4,6H,5H2,1H3;3-5H2,1-2H3. The van der Waals surface area contributed by atoms with Crippen molar-refractivity contribution in [1.29, 1.82) is 0 Å². The lowest BCUT2D eigenvalue weighted by Gasteiger charge is -2.05. The minimum absolute atomic E-state index is 0.377. The monoisotopic (exact) mass is 246 g/mol. The van der Waals surface area contributed by atoms with Crippen molar-refractivity contribution in [3.05, 3.63) is 35.5 Å². The van der Waals surface area contributed by atoms with Gasteiger partial charge in [-0.25, -0.2) is 0 Å². The van der Waals surface area contributed by atoms with Gasteiger partial charge in [-0.15, -0.1) is 0 Å². The third-order valence-electron chi connectivity index (χ3n) is 2.33. The molecule has 0 aromatic rings. The highest BCUT2D eigenvalue weighted by Crippen LogP contribution is 2.28. The van der Waals surface area contributed by atoms with Crippen LogP contribution in [0.25, 0.3) is 0 Å². The summed E-state index contributed by atoms with van der Waals surface area (Å²) in [4.78, 5) is 0. The third kappa shape index (κ3) is 7.83. The number of alkyl halides is 3. The van der Waals surface area contributed by atoms with Crippen LogP contribution in [0.5, 0.6) is 0 Å². The Bertz CT molecular complexity index is 291.